The van der Waals surface area contributed by atoms with Gasteiger partial charge in [0.1, 0.15) is 0 Å². The van der Waals surface area contributed by atoms with Gasteiger partial charge in [0.05, 0.1) is 23.8 Å². The quantitative estimate of drug-likeness (QED) is 0.760. The number of halogens is 1. The summed E-state index contributed by atoms with van der Waals surface area (Å²) in [6.45, 7) is 3.43. The van der Waals surface area contributed by atoms with Crippen LogP contribution < -0.4 is 10.2 Å². The third-order valence-corrected chi connectivity index (χ3v) is 5.75. The molecule has 5 nitrogen and oxygen atoms in total. The third kappa shape index (κ3) is 4.95. The maximum atomic E-state index is 11.5. The molecule has 0 saturated carbocycles. The minimum atomic E-state index is -2.84. The first-order valence-corrected chi connectivity index (χ1v) is 9.57. The smallest absolute Gasteiger partial charge is 0.153 e. The minimum Gasteiger partial charge on any atom is -0.383 e. The highest BCUT2D eigenvalue weighted by atomic mass is 79.9. The molecule has 0 atom stereocenters. The van der Waals surface area contributed by atoms with Crippen LogP contribution in [0.1, 0.15) is 5.56 Å². The zero-order valence-corrected chi connectivity index (χ0v) is 14.5. The van der Waals surface area contributed by atoms with E-state index in [9.17, 15) is 8.42 Å². The molecule has 2 rings (SSSR count). The standard InChI is InChI=1S/C14H21BrN2O3S/c1-20-7-4-16-11-12-2-3-14(13(15)10-12)17-5-8-21(18,19)9-6-17/h2-3,10,16H,4-9,11H2,1H3. The highest BCUT2D eigenvalue weighted by Crippen LogP contribution is 2.28. The molecule has 1 aliphatic heterocycles. The van der Waals surface area contributed by atoms with Gasteiger partial charge in [-0.05, 0) is 33.6 Å². The lowest BCUT2D eigenvalue weighted by molar-refractivity contribution is 0.199. The molecule has 0 radical (unpaired) electrons. The van der Waals surface area contributed by atoms with Crippen LogP contribution in [0.25, 0.3) is 0 Å². The van der Waals surface area contributed by atoms with Gasteiger partial charge in [0, 0.05) is 37.8 Å². The van der Waals surface area contributed by atoms with Crippen LogP contribution in [0.3, 0.4) is 0 Å². The van der Waals surface area contributed by atoms with Gasteiger partial charge in [-0.15, -0.1) is 0 Å². The van der Waals surface area contributed by atoms with Gasteiger partial charge in [0.15, 0.2) is 9.84 Å². The Kier molecular flexibility index (Phi) is 6.04. The summed E-state index contributed by atoms with van der Waals surface area (Å²) in [6, 6.07) is 6.20. The number of methoxy groups -OCH3 is 1. The van der Waals surface area contributed by atoms with Gasteiger partial charge in [-0.3, -0.25) is 0 Å². The number of rotatable bonds is 6. The van der Waals surface area contributed by atoms with E-state index in [1.165, 1.54) is 5.56 Å². The predicted molar refractivity (Wildman–Crippen MR) is 88.6 cm³/mol. The van der Waals surface area contributed by atoms with Crippen LogP contribution in [0.5, 0.6) is 0 Å². The van der Waals surface area contributed by atoms with Crippen molar-refractivity contribution < 1.29 is 13.2 Å². The van der Waals surface area contributed by atoms with Crippen molar-refractivity contribution >= 4 is 31.5 Å². The number of benzene rings is 1. The molecule has 0 spiro atoms. The Morgan fingerprint density at radius 3 is 2.67 bits per heavy atom. The van der Waals surface area contributed by atoms with Gasteiger partial charge in [0.2, 0.25) is 0 Å². The summed E-state index contributed by atoms with van der Waals surface area (Å²) in [4.78, 5) is 2.12. The first-order valence-electron chi connectivity index (χ1n) is 6.95. The molecule has 0 amide bonds. The molecule has 7 heteroatoms. The van der Waals surface area contributed by atoms with Crippen LogP contribution in [0.15, 0.2) is 22.7 Å². The maximum absolute atomic E-state index is 11.5. The third-order valence-electron chi connectivity index (χ3n) is 3.51. The van der Waals surface area contributed by atoms with Crippen molar-refractivity contribution in [3.63, 3.8) is 0 Å². The first-order chi connectivity index (χ1) is 10.0. The zero-order chi connectivity index (χ0) is 15.3. The van der Waals surface area contributed by atoms with E-state index in [4.69, 9.17) is 4.74 Å². The summed E-state index contributed by atoms with van der Waals surface area (Å²) in [6.07, 6.45) is 0. The average molecular weight is 377 g/mol. The summed E-state index contributed by atoms with van der Waals surface area (Å²) >= 11 is 3.59. The lowest BCUT2D eigenvalue weighted by Crippen LogP contribution is -2.40. The molecule has 1 aromatic rings. The average Bonchev–Trinajstić information content (AvgIpc) is 2.44. The van der Waals surface area contributed by atoms with Crippen molar-refractivity contribution in [3.8, 4) is 0 Å². The van der Waals surface area contributed by atoms with E-state index in [-0.39, 0.29) is 11.5 Å². The SMILES string of the molecule is COCCNCc1ccc(N2CCS(=O)(=O)CC2)c(Br)c1. The molecule has 1 saturated heterocycles. The van der Waals surface area contributed by atoms with Crippen molar-refractivity contribution in [1.82, 2.24) is 5.32 Å². The summed E-state index contributed by atoms with van der Waals surface area (Å²) in [7, 11) is -1.15. The maximum Gasteiger partial charge on any atom is 0.153 e. The number of ether oxygens (including phenoxy) is 1. The largest absolute Gasteiger partial charge is 0.383 e. The fourth-order valence-corrected chi connectivity index (χ4v) is 4.16. The fraction of sp³-hybridized carbons (Fsp3) is 0.571. The number of nitrogens with one attached hydrogen (secondary N) is 1. The summed E-state index contributed by atoms with van der Waals surface area (Å²) < 4.78 is 29.0. The van der Waals surface area contributed by atoms with Gasteiger partial charge >= 0.3 is 0 Å². The highest BCUT2D eigenvalue weighted by Gasteiger charge is 2.22. The Morgan fingerprint density at radius 2 is 2.05 bits per heavy atom. The summed E-state index contributed by atoms with van der Waals surface area (Å²) in [5.74, 6) is 0.472. The molecule has 118 valence electrons. The fourth-order valence-electron chi connectivity index (χ4n) is 2.28. The Balaban J connectivity index is 1.96. The second kappa shape index (κ2) is 7.58. The van der Waals surface area contributed by atoms with Crippen LogP contribution in [0.4, 0.5) is 5.69 Å². The molecule has 1 aromatic carbocycles. The molecule has 1 N–H and O–H groups in total. The van der Waals surface area contributed by atoms with Crippen molar-refractivity contribution in [1.29, 1.82) is 0 Å². The van der Waals surface area contributed by atoms with Gasteiger partial charge in [-0.2, -0.15) is 0 Å². The van der Waals surface area contributed by atoms with Crippen LogP contribution >= 0.6 is 15.9 Å². The number of hydrogen-bond donors (Lipinski definition) is 1. The normalized spacial score (nSPS) is 17.9. The second-order valence-corrected chi connectivity index (χ2v) is 8.25. The van der Waals surface area contributed by atoms with E-state index in [1.807, 2.05) is 0 Å². The summed E-state index contributed by atoms with van der Waals surface area (Å²) in [5, 5.41) is 3.30. The predicted octanol–water partition coefficient (Wildman–Crippen LogP) is 1.42. The molecule has 0 aromatic heterocycles. The van der Waals surface area contributed by atoms with Crippen molar-refractivity contribution in [2.24, 2.45) is 0 Å². The van der Waals surface area contributed by atoms with Gasteiger partial charge in [-0.25, -0.2) is 8.42 Å². The van der Waals surface area contributed by atoms with Crippen LogP contribution in [0, 0.1) is 0 Å². The van der Waals surface area contributed by atoms with E-state index in [1.54, 1.807) is 7.11 Å². The van der Waals surface area contributed by atoms with E-state index in [0.717, 1.165) is 23.2 Å². The Hall–Kier alpha value is -0.630. The van der Waals surface area contributed by atoms with E-state index in [0.29, 0.717) is 19.7 Å². The molecule has 21 heavy (non-hydrogen) atoms. The van der Waals surface area contributed by atoms with E-state index < -0.39 is 9.84 Å². The van der Waals surface area contributed by atoms with Crippen molar-refractivity contribution in [2.45, 2.75) is 6.54 Å². The van der Waals surface area contributed by atoms with Crippen molar-refractivity contribution in [2.75, 3.05) is 49.8 Å². The minimum absolute atomic E-state index is 0.236. The second-order valence-electron chi connectivity index (χ2n) is 5.09. The molecular formula is C14H21BrN2O3S. The van der Waals surface area contributed by atoms with Gasteiger partial charge < -0.3 is 15.0 Å². The Bertz CT molecular complexity index is 564. The van der Waals surface area contributed by atoms with Crippen LogP contribution in [-0.2, 0) is 21.1 Å². The van der Waals surface area contributed by atoms with Crippen LogP contribution in [-0.4, -0.2) is 53.3 Å². The Morgan fingerprint density at radius 1 is 1.33 bits per heavy atom. The zero-order valence-electron chi connectivity index (χ0n) is 12.1. The molecule has 0 aliphatic carbocycles. The number of nitrogens with zero attached hydrogens (tertiary/aromatic N) is 1. The summed E-state index contributed by atoms with van der Waals surface area (Å²) in [5.41, 5.74) is 2.25. The van der Waals surface area contributed by atoms with E-state index in [2.05, 4.69) is 44.3 Å². The molecule has 1 heterocycles. The molecule has 1 aliphatic rings. The molecule has 0 unspecified atom stereocenters. The van der Waals surface area contributed by atoms with Gasteiger partial charge in [-0.1, -0.05) is 6.07 Å². The molecular weight excluding hydrogens is 356 g/mol. The topological polar surface area (TPSA) is 58.6 Å². The number of hydrogen-bond acceptors (Lipinski definition) is 5. The number of sulfone groups is 1. The highest BCUT2D eigenvalue weighted by molar-refractivity contribution is 9.10. The van der Waals surface area contributed by atoms with Gasteiger partial charge in [0.25, 0.3) is 0 Å². The van der Waals surface area contributed by atoms with E-state index >= 15 is 0 Å². The molecule has 0 bridgehead atoms. The van der Waals surface area contributed by atoms with Crippen molar-refractivity contribution in [3.05, 3.63) is 28.2 Å². The molecule has 1 fully saturated rings. The number of anilines is 1. The lowest BCUT2D eigenvalue weighted by atomic mass is 10.2. The monoisotopic (exact) mass is 376 g/mol. The van der Waals surface area contributed by atoms with Crippen LogP contribution in [0.2, 0.25) is 0 Å². The lowest BCUT2D eigenvalue weighted by Gasteiger charge is -2.29. The first kappa shape index (κ1) is 16.7. The Labute approximate surface area is 134 Å².